The Morgan fingerprint density at radius 2 is 2.00 bits per heavy atom. The monoisotopic (exact) mass is 239 g/mol. The first-order valence-electron chi connectivity index (χ1n) is 5.34. The molecular formula is C12H17NO2S. The SMILES string of the molecule is COc1ccc(C2NC(C)CS2)cc1OC. The Morgan fingerprint density at radius 1 is 1.25 bits per heavy atom. The molecule has 1 aliphatic rings. The van der Waals surface area contributed by atoms with Gasteiger partial charge in [-0.05, 0) is 24.6 Å². The number of thioether (sulfide) groups is 1. The Hall–Kier alpha value is -0.870. The van der Waals surface area contributed by atoms with Gasteiger partial charge in [0.15, 0.2) is 11.5 Å². The molecule has 0 bridgehead atoms. The third-order valence-corrected chi connectivity index (χ3v) is 4.09. The molecule has 16 heavy (non-hydrogen) atoms. The molecule has 2 rings (SSSR count). The number of rotatable bonds is 3. The highest BCUT2D eigenvalue weighted by atomic mass is 32.2. The minimum Gasteiger partial charge on any atom is -0.493 e. The second-order valence-corrected chi connectivity index (χ2v) is 5.03. The molecule has 0 radical (unpaired) electrons. The number of benzene rings is 1. The molecule has 1 heterocycles. The van der Waals surface area contributed by atoms with Crippen LogP contribution < -0.4 is 14.8 Å². The Balaban J connectivity index is 2.22. The molecule has 1 aromatic carbocycles. The lowest BCUT2D eigenvalue weighted by atomic mass is 10.2. The predicted octanol–water partition coefficient (Wildman–Crippen LogP) is 2.43. The van der Waals surface area contributed by atoms with Crippen LogP contribution in [0.2, 0.25) is 0 Å². The zero-order chi connectivity index (χ0) is 11.5. The summed E-state index contributed by atoms with van der Waals surface area (Å²) in [5.41, 5.74) is 1.24. The predicted molar refractivity (Wildman–Crippen MR) is 67.3 cm³/mol. The summed E-state index contributed by atoms with van der Waals surface area (Å²) < 4.78 is 10.5. The van der Waals surface area contributed by atoms with Crippen molar-refractivity contribution < 1.29 is 9.47 Å². The van der Waals surface area contributed by atoms with Gasteiger partial charge in [0, 0.05) is 11.8 Å². The normalized spacial score (nSPS) is 24.4. The zero-order valence-corrected chi connectivity index (χ0v) is 10.6. The van der Waals surface area contributed by atoms with Gasteiger partial charge >= 0.3 is 0 Å². The third-order valence-electron chi connectivity index (χ3n) is 2.66. The van der Waals surface area contributed by atoms with E-state index < -0.39 is 0 Å². The number of nitrogens with one attached hydrogen (secondary N) is 1. The summed E-state index contributed by atoms with van der Waals surface area (Å²) in [7, 11) is 3.32. The Kier molecular flexibility index (Phi) is 3.61. The van der Waals surface area contributed by atoms with E-state index in [1.54, 1.807) is 14.2 Å². The van der Waals surface area contributed by atoms with Crippen molar-refractivity contribution in [2.75, 3.05) is 20.0 Å². The molecule has 0 amide bonds. The van der Waals surface area contributed by atoms with Crippen LogP contribution in [0.5, 0.6) is 11.5 Å². The lowest BCUT2D eigenvalue weighted by Crippen LogP contribution is -2.21. The van der Waals surface area contributed by atoms with Gasteiger partial charge in [0.2, 0.25) is 0 Å². The fourth-order valence-corrected chi connectivity index (χ4v) is 3.05. The minimum atomic E-state index is 0.370. The van der Waals surface area contributed by atoms with Gasteiger partial charge in [-0.2, -0.15) is 0 Å². The van der Waals surface area contributed by atoms with Crippen molar-refractivity contribution in [1.82, 2.24) is 5.32 Å². The highest BCUT2D eigenvalue weighted by molar-refractivity contribution is 7.99. The van der Waals surface area contributed by atoms with Crippen molar-refractivity contribution in [2.45, 2.75) is 18.3 Å². The standard InChI is InChI=1S/C12H17NO2S/c1-8-7-16-12(13-8)9-4-5-10(14-2)11(6-9)15-3/h4-6,8,12-13H,7H2,1-3H3. The van der Waals surface area contributed by atoms with Gasteiger partial charge in [-0.15, -0.1) is 11.8 Å². The van der Waals surface area contributed by atoms with Crippen molar-refractivity contribution in [3.63, 3.8) is 0 Å². The van der Waals surface area contributed by atoms with E-state index >= 15 is 0 Å². The highest BCUT2D eigenvalue weighted by Crippen LogP contribution is 2.37. The summed E-state index contributed by atoms with van der Waals surface area (Å²) in [5.74, 6) is 2.73. The van der Waals surface area contributed by atoms with E-state index in [9.17, 15) is 0 Å². The lowest BCUT2D eigenvalue weighted by Gasteiger charge is -2.14. The molecule has 0 aliphatic carbocycles. The van der Waals surface area contributed by atoms with E-state index in [-0.39, 0.29) is 0 Å². The molecule has 0 aromatic heterocycles. The molecule has 4 heteroatoms. The van der Waals surface area contributed by atoms with Crippen LogP contribution in [0.3, 0.4) is 0 Å². The Morgan fingerprint density at radius 3 is 2.56 bits per heavy atom. The maximum atomic E-state index is 5.30. The molecule has 1 aromatic rings. The maximum absolute atomic E-state index is 5.30. The van der Waals surface area contributed by atoms with Gasteiger partial charge in [0.25, 0.3) is 0 Å². The second kappa shape index (κ2) is 4.97. The van der Waals surface area contributed by atoms with Crippen LogP contribution >= 0.6 is 11.8 Å². The Labute approximate surface area is 101 Å². The largest absolute Gasteiger partial charge is 0.493 e. The van der Waals surface area contributed by atoms with Crippen molar-refractivity contribution in [1.29, 1.82) is 0 Å². The fraction of sp³-hybridized carbons (Fsp3) is 0.500. The van der Waals surface area contributed by atoms with Gasteiger partial charge < -0.3 is 9.47 Å². The van der Waals surface area contributed by atoms with Crippen LogP contribution in [-0.4, -0.2) is 26.0 Å². The van der Waals surface area contributed by atoms with Crippen LogP contribution in [0.25, 0.3) is 0 Å². The molecule has 0 spiro atoms. The van der Waals surface area contributed by atoms with Gasteiger partial charge in [-0.25, -0.2) is 0 Å². The molecule has 88 valence electrons. The number of hydrogen-bond acceptors (Lipinski definition) is 4. The van der Waals surface area contributed by atoms with Crippen LogP contribution in [0.15, 0.2) is 18.2 Å². The molecular weight excluding hydrogens is 222 g/mol. The highest BCUT2D eigenvalue weighted by Gasteiger charge is 2.23. The molecule has 2 atom stereocenters. The Bertz CT molecular complexity index is 370. The van der Waals surface area contributed by atoms with Gasteiger partial charge in [-0.3, -0.25) is 5.32 Å². The molecule has 2 unspecified atom stereocenters. The van der Waals surface area contributed by atoms with Crippen molar-refractivity contribution >= 4 is 11.8 Å². The summed E-state index contributed by atoms with van der Waals surface area (Å²) in [6.45, 7) is 2.20. The van der Waals surface area contributed by atoms with Crippen LogP contribution in [-0.2, 0) is 0 Å². The molecule has 3 nitrogen and oxygen atoms in total. The topological polar surface area (TPSA) is 30.5 Å². The maximum Gasteiger partial charge on any atom is 0.161 e. The summed E-state index contributed by atoms with van der Waals surface area (Å²) >= 11 is 1.93. The van der Waals surface area contributed by atoms with Crippen molar-refractivity contribution in [3.8, 4) is 11.5 Å². The van der Waals surface area contributed by atoms with E-state index in [4.69, 9.17) is 9.47 Å². The lowest BCUT2D eigenvalue weighted by molar-refractivity contribution is 0.354. The molecule has 1 saturated heterocycles. The third kappa shape index (κ3) is 2.28. The van der Waals surface area contributed by atoms with Crippen molar-refractivity contribution in [2.24, 2.45) is 0 Å². The summed E-state index contributed by atoms with van der Waals surface area (Å²) in [5, 5.41) is 3.90. The molecule has 1 N–H and O–H groups in total. The first kappa shape index (κ1) is 11.6. The summed E-state index contributed by atoms with van der Waals surface area (Å²) in [6, 6.07) is 6.66. The van der Waals surface area contributed by atoms with Crippen LogP contribution in [0.4, 0.5) is 0 Å². The zero-order valence-electron chi connectivity index (χ0n) is 9.82. The first-order valence-corrected chi connectivity index (χ1v) is 6.39. The second-order valence-electron chi connectivity index (χ2n) is 3.90. The van der Waals surface area contributed by atoms with Gasteiger partial charge in [0.05, 0.1) is 19.6 Å². The number of ether oxygens (including phenoxy) is 2. The quantitative estimate of drug-likeness (QED) is 0.877. The molecule has 1 fully saturated rings. The van der Waals surface area contributed by atoms with Crippen LogP contribution in [0.1, 0.15) is 17.9 Å². The number of methoxy groups -OCH3 is 2. The minimum absolute atomic E-state index is 0.370. The van der Waals surface area contributed by atoms with Crippen molar-refractivity contribution in [3.05, 3.63) is 23.8 Å². The average molecular weight is 239 g/mol. The average Bonchev–Trinajstić information content (AvgIpc) is 2.75. The summed E-state index contributed by atoms with van der Waals surface area (Å²) in [6.07, 6.45) is 0. The van der Waals surface area contributed by atoms with Gasteiger partial charge in [-0.1, -0.05) is 6.07 Å². The summed E-state index contributed by atoms with van der Waals surface area (Å²) in [4.78, 5) is 0. The fourth-order valence-electron chi connectivity index (χ4n) is 1.80. The van der Waals surface area contributed by atoms with E-state index in [1.165, 1.54) is 5.56 Å². The number of hydrogen-bond donors (Lipinski definition) is 1. The van der Waals surface area contributed by atoms with Crippen LogP contribution in [0, 0.1) is 0 Å². The van der Waals surface area contributed by atoms with E-state index in [0.29, 0.717) is 11.4 Å². The smallest absolute Gasteiger partial charge is 0.161 e. The van der Waals surface area contributed by atoms with E-state index in [2.05, 4.69) is 18.3 Å². The molecule has 1 aliphatic heterocycles. The van der Waals surface area contributed by atoms with E-state index in [0.717, 1.165) is 17.3 Å². The van der Waals surface area contributed by atoms with E-state index in [1.807, 2.05) is 23.9 Å². The van der Waals surface area contributed by atoms with Gasteiger partial charge in [0.1, 0.15) is 0 Å². The molecule has 0 saturated carbocycles. The first-order chi connectivity index (χ1) is 7.74.